The van der Waals surface area contributed by atoms with Crippen LogP contribution in [0, 0.1) is 10.7 Å². The summed E-state index contributed by atoms with van der Waals surface area (Å²) in [5, 5.41) is 4.65. The van der Waals surface area contributed by atoms with E-state index >= 15 is 0 Å². The molecule has 1 saturated heterocycles. The van der Waals surface area contributed by atoms with Gasteiger partial charge < -0.3 is 10.3 Å². The molecule has 1 amide bonds. The molecule has 7 heteroatoms. The van der Waals surface area contributed by atoms with E-state index in [9.17, 15) is 4.79 Å². The maximum absolute atomic E-state index is 11.1. The van der Waals surface area contributed by atoms with Gasteiger partial charge in [0.15, 0.2) is 4.77 Å². The number of hydrogen-bond acceptors (Lipinski definition) is 4. The molecule has 22 heavy (non-hydrogen) atoms. The molecular formula is C15H27N5OS. The van der Waals surface area contributed by atoms with Gasteiger partial charge in [0.1, 0.15) is 5.82 Å². The SMILES string of the molecule is CC(C)Cn1c(CCC(N)=O)nn(CN2CCCCC2)c1=S. The van der Waals surface area contributed by atoms with Gasteiger partial charge in [-0.2, -0.15) is 5.10 Å². The Morgan fingerprint density at radius 1 is 1.32 bits per heavy atom. The first-order valence-corrected chi connectivity index (χ1v) is 8.55. The number of nitrogens with zero attached hydrogens (tertiary/aromatic N) is 4. The van der Waals surface area contributed by atoms with Crippen molar-refractivity contribution in [2.45, 2.75) is 59.2 Å². The van der Waals surface area contributed by atoms with Gasteiger partial charge in [-0.25, -0.2) is 4.68 Å². The molecule has 1 fully saturated rings. The summed E-state index contributed by atoms with van der Waals surface area (Å²) in [4.78, 5) is 13.5. The molecule has 1 aliphatic heterocycles. The Labute approximate surface area is 137 Å². The molecule has 124 valence electrons. The van der Waals surface area contributed by atoms with E-state index in [0.717, 1.165) is 36.9 Å². The minimum Gasteiger partial charge on any atom is -0.370 e. The molecule has 2 heterocycles. The quantitative estimate of drug-likeness (QED) is 0.778. The lowest BCUT2D eigenvalue weighted by Gasteiger charge is -2.25. The Kier molecular flexibility index (Phi) is 6.14. The van der Waals surface area contributed by atoms with Gasteiger partial charge in [0.05, 0.1) is 6.67 Å². The van der Waals surface area contributed by atoms with Crippen LogP contribution < -0.4 is 5.73 Å². The van der Waals surface area contributed by atoms with Crippen LogP contribution in [0.1, 0.15) is 45.4 Å². The first kappa shape index (κ1) is 17.1. The van der Waals surface area contributed by atoms with Crippen molar-refractivity contribution in [2.24, 2.45) is 11.7 Å². The van der Waals surface area contributed by atoms with Crippen molar-refractivity contribution < 1.29 is 4.79 Å². The van der Waals surface area contributed by atoms with Crippen LogP contribution >= 0.6 is 12.2 Å². The van der Waals surface area contributed by atoms with Crippen molar-refractivity contribution in [3.8, 4) is 0 Å². The highest BCUT2D eigenvalue weighted by molar-refractivity contribution is 7.71. The second-order valence-electron chi connectivity index (χ2n) is 6.49. The topological polar surface area (TPSA) is 69.1 Å². The Bertz CT molecular complexity index is 557. The third-order valence-electron chi connectivity index (χ3n) is 3.92. The van der Waals surface area contributed by atoms with Gasteiger partial charge in [0.25, 0.3) is 0 Å². The largest absolute Gasteiger partial charge is 0.370 e. The standard InChI is InChI=1S/C15H27N5OS/c1-12(2)10-19-14(7-6-13(16)21)17-20(15(19)22)11-18-8-4-3-5-9-18/h12H,3-11H2,1-2H3,(H2,16,21). The number of primary amides is 1. The van der Waals surface area contributed by atoms with Gasteiger partial charge in [-0.3, -0.25) is 9.69 Å². The van der Waals surface area contributed by atoms with Crippen molar-refractivity contribution in [2.75, 3.05) is 13.1 Å². The summed E-state index contributed by atoms with van der Waals surface area (Å²) in [5.74, 6) is 1.05. The summed E-state index contributed by atoms with van der Waals surface area (Å²) >= 11 is 5.60. The molecule has 0 spiro atoms. The smallest absolute Gasteiger partial charge is 0.217 e. The zero-order valence-corrected chi connectivity index (χ0v) is 14.4. The number of amides is 1. The van der Waals surface area contributed by atoms with Crippen LogP contribution in [0.15, 0.2) is 0 Å². The molecule has 2 N–H and O–H groups in total. The zero-order chi connectivity index (χ0) is 16.1. The molecule has 0 saturated carbocycles. The molecule has 2 rings (SSSR count). The maximum atomic E-state index is 11.1. The van der Waals surface area contributed by atoms with Gasteiger partial charge in [-0.1, -0.05) is 20.3 Å². The highest BCUT2D eigenvalue weighted by Crippen LogP contribution is 2.12. The summed E-state index contributed by atoms with van der Waals surface area (Å²) in [7, 11) is 0. The van der Waals surface area contributed by atoms with Crippen LogP contribution in [-0.4, -0.2) is 38.2 Å². The molecular weight excluding hydrogens is 298 g/mol. The van der Waals surface area contributed by atoms with Gasteiger partial charge in [-0.15, -0.1) is 0 Å². The van der Waals surface area contributed by atoms with E-state index < -0.39 is 0 Å². The first-order chi connectivity index (χ1) is 10.5. The van der Waals surface area contributed by atoms with Crippen molar-refractivity contribution in [3.63, 3.8) is 0 Å². The second kappa shape index (κ2) is 7.87. The van der Waals surface area contributed by atoms with E-state index in [1.165, 1.54) is 19.3 Å². The van der Waals surface area contributed by atoms with Crippen LogP contribution in [0.5, 0.6) is 0 Å². The molecule has 0 bridgehead atoms. The number of likely N-dealkylation sites (tertiary alicyclic amines) is 1. The number of piperidine rings is 1. The molecule has 1 aromatic heterocycles. The summed E-state index contributed by atoms with van der Waals surface area (Å²) < 4.78 is 4.71. The fourth-order valence-corrected chi connectivity index (χ4v) is 3.12. The second-order valence-corrected chi connectivity index (χ2v) is 6.85. The Morgan fingerprint density at radius 2 is 2.00 bits per heavy atom. The van der Waals surface area contributed by atoms with Crippen molar-refractivity contribution in [1.29, 1.82) is 0 Å². The van der Waals surface area contributed by atoms with Crippen molar-refractivity contribution in [1.82, 2.24) is 19.2 Å². The minimum absolute atomic E-state index is 0.299. The van der Waals surface area contributed by atoms with Gasteiger partial charge in [0, 0.05) is 19.4 Å². The number of aromatic nitrogens is 3. The van der Waals surface area contributed by atoms with E-state index in [1.54, 1.807) is 0 Å². The van der Waals surface area contributed by atoms with Crippen LogP contribution in [0.25, 0.3) is 0 Å². The third kappa shape index (κ3) is 4.64. The Hall–Kier alpha value is -1.21. The summed E-state index contributed by atoms with van der Waals surface area (Å²) in [5.41, 5.74) is 5.27. The Morgan fingerprint density at radius 3 is 2.59 bits per heavy atom. The van der Waals surface area contributed by atoms with Crippen molar-refractivity contribution >= 4 is 18.1 Å². The van der Waals surface area contributed by atoms with Gasteiger partial charge in [-0.05, 0) is 44.1 Å². The predicted octanol–water partition coefficient (Wildman–Crippen LogP) is 1.93. The van der Waals surface area contributed by atoms with E-state index in [0.29, 0.717) is 18.8 Å². The molecule has 1 aromatic rings. The zero-order valence-electron chi connectivity index (χ0n) is 13.6. The minimum atomic E-state index is -0.299. The average Bonchev–Trinajstić information content (AvgIpc) is 2.74. The average molecular weight is 325 g/mol. The normalized spacial score (nSPS) is 16.3. The van der Waals surface area contributed by atoms with Crippen LogP contribution in [0.3, 0.4) is 0 Å². The highest BCUT2D eigenvalue weighted by atomic mass is 32.1. The van der Waals surface area contributed by atoms with E-state index in [4.69, 9.17) is 18.0 Å². The molecule has 1 aliphatic rings. The fraction of sp³-hybridized carbons (Fsp3) is 0.800. The molecule has 0 unspecified atom stereocenters. The number of nitrogens with two attached hydrogens (primary N) is 1. The fourth-order valence-electron chi connectivity index (χ4n) is 2.84. The summed E-state index contributed by atoms with van der Waals surface area (Å²) in [6, 6.07) is 0. The van der Waals surface area contributed by atoms with Gasteiger partial charge in [0.2, 0.25) is 5.91 Å². The summed E-state index contributed by atoms with van der Waals surface area (Å²) in [6.07, 6.45) is 4.67. The van der Waals surface area contributed by atoms with Crippen molar-refractivity contribution in [3.05, 3.63) is 10.6 Å². The monoisotopic (exact) mass is 325 g/mol. The lowest BCUT2D eigenvalue weighted by Crippen LogP contribution is -2.32. The first-order valence-electron chi connectivity index (χ1n) is 8.14. The number of hydrogen-bond donors (Lipinski definition) is 1. The lowest BCUT2D eigenvalue weighted by atomic mass is 10.1. The van der Waals surface area contributed by atoms with E-state index in [-0.39, 0.29) is 5.91 Å². The number of carbonyl (C=O) groups is 1. The number of carbonyl (C=O) groups excluding carboxylic acids is 1. The Balaban J connectivity index is 2.18. The lowest BCUT2D eigenvalue weighted by molar-refractivity contribution is -0.118. The highest BCUT2D eigenvalue weighted by Gasteiger charge is 2.16. The molecule has 0 aromatic carbocycles. The molecule has 0 atom stereocenters. The van der Waals surface area contributed by atoms with Crippen LogP contribution in [0.2, 0.25) is 0 Å². The van der Waals surface area contributed by atoms with Gasteiger partial charge >= 0.3 is 0 Å². The number of rotatable bonds is 7. The van der Waals surface area contributed by atoms with Crippen LogP contribution in [0.4, 0.5) is 0 Å². The molecule has 0 radical (unpaired) electrons. The third-order valence-corrected chi connectivity index (χ3v) is 4.36. The van der Waals surface area contributed by atoms with E-state index in [1.807, 2.05) is 4.68 Å². The molecule has 6 nitrogen and oxygen atoms in total. The maximum Gasteiger partial charge on any atom is 0.217 e. The predicted molar refractivity (Wildman–Crippen MR) is 88.8 cm³/mol. The number of aryl methyl sites for hydroxylation is 1. The summed E-state index contributed by atoms with van der Waals surface area (Å²) in [6.45, 7) is 8.09. The van der Waals surface area contributed by atoms with Crippen LogP contribution in [-0.2, 0) is 24.4 Å². The molecule has 0 aliphatic carbocycles. The van der Waals surface area contributed by atoms with E-state index in [2.05, 4.69) is 28.4 Å².